The Hall–Kier alpha value is -3.02. The van der Waals surface area contributed by atoms with E-state index in [2.05, 4.69) is 5.32 Å². The van der Waals surface area contributed by atoms with E-state index < -0.39 is 0 Å². The third-order valence-corrected chi connectivity index (χ3v) is 5.41. The second kappa shape index (κ2) is 7.54. The van der Waals surface area contributed by atoms with Crippen LogP contribution in [0.5, 0.6) is 11.5 Å². The molecule has 6 nitrogen and oxygen atoms in total. The maximum Gasteiger partial charge on any atom is 0.319 e. The van der Waals surface area contributed by atoms with Gasteiger partial charge in [-0.3, -0.25) is 4.79 Å². The van der Waals surface area contributed by atoms with E-state index in [9.17, 15) is 9.59 Å². The van der Waals surface area contributed by atoms with Gasteiger partial charge in [0.1, 0.15) is 11.5 Å². The van der Waals surface area contributed by atoms with Crippen molar-refractivity contribution in [3.63, 3.8) is 0 Å². The first-order chi connectivity index (χ1) is 13.5. The average molecular weight is 379 g/mol. The standard InChI is InChI=1S/C22H25N3O3/c1-24(2)22(27)25-13-7-8-15(14-25)21(26)23-20-16-9-3-5-11-18(16)28-19-12-6-4-10-17(19)20/h3-6,9-12,15,20H,7-8,13-14H2,1-2H3,(H,23,26). The molecule has 2 aliphatic rings. The summed E-state index contributed by atoms with van der Waals surface area (Å²) in [5.41, 5.74) is 1.90. The van der Waals surface area contributed by atoms with E-state index in [4.69, 9.17) is 4.74 Å². The lowest BCUT2D eigenvalue weighted by Gasteiger charge is -2.35. The molecule has 0 aliphatic carbocycles. The van der Waals surface area contributed by atoms with Crippen molar-refractivity contribution in [3.8, 4) is 11.5 Å². The van der Waals surface area contributed by atoms with E-state index in [1.807, 2.05) is 48.5 Å². The van der Waals surface area contributed by atoms with Crippen molar-refractivity contribution in [2.45, 2.75) is 18.9 Å². The maximum atomic E-state index is 13.1. The first kappa shape index (κ1) is 18.3. The van der Waals surface area contributed by atoms with Crippen LogP contribution in [-0.4, -0.2) is 48.9 Å². The number of rotatable bonds is 2. The molecular weight excluding hydrogens is 354 g/mol. The lowest BCUT2D eigenvalue weighted by Crippen LogP contribution is -2.49. The van der Waals surface area contributed by atoms with Crippen molar-refractivity contribution >= 4 is 11.9 Å². The third-order valence-electron chi connectivity index (χ3n) is 5.41. The number of piperidine rings is 1. The van der Waals surface area contributed by atoms with Crippen LogP contribution in [-0.2, 0) is 4.79 Å². The number of hydrogen-bond acceptors (Lipinski definition) is 3. The molecule has 2 aromatic carbocycles. The van der Waals surface area contributed by atoms with Crippen molar-refractivity contribution < 1.29 is 14.3 Å². The zero-order chi connectivity index (χ0) is 19.7. The summed E-state index contributed by atoms with van der Waals surface area (Å²) in [6.45, 7) is 1.15. The van der Waals surface area contributed by atoms with Gasteiger partial charge in [-0.1, -0.05) is 36.4 Å². The van der Waals surface area contributed by atoms with Gasteiger partial charge in [0.25, 0.3) is 0 Å². The monoisotopic (exact) mass is 379 g/mol. The Bertz CT molecular complexity index is 851. The molecule has 146 valence electrons. The van der Waals surface area contributed by atoms with E-state index in [1.165, 1.54) is 0 Å². The minimum atomic E-state index is -0.256. The molecule has 1 atom stereocenters. The van der Waals surface area contributed by atoms with Crippen LogP contribution in [0.25, 0.3) is 0 Å². The molecule has 1 saturated heterocycles. The Labute approximate surface area is 165 Å². The van der Waals surface area contributed by atoms with Crippen LogP contribution in [0.1, 0.15) is 30.0 Å². The molecule has 6 heteroatoms. The number of hydrogen-bond donors (Lipinski definition) is 1. The van der Waals surface area contributed by atoms with Crippen LogP contribution in [0, 0.1) is 5.92 Å². The van der Waals surface area contributed by atoms with Gasteiger partial charge in [-0.05, 0) is 25.0 Å². The summed E-state index contributed by atoms with van der Waals surface area (Å²) in [7, 11) is 3.48. The molecule has 28 heavy (non-hydrogen) atoms. The van der Waals surface area contributed by atoms with Crippen LogP contribution in [0.15, 0.2) is 48.5 Å². The number of para-hydroxylation sites is 2. The summed E-state index contributed by atoms with van der Waals surface area (Å²) in [5, 5.41) is 3.22. The average Bonchev–Trinajstić information content (AvgIpc) is 2.73. The predicted octanol–water partition coefficient (Wildman–Crippen LogP) is 3.39. The van der Waals surface area contributed by atoms with Gasteiger partial charge in [0.15, 0.2) is 0 Å². The summed E-state index contributed by atoms with van der Waals surface area (Å²) < 4.78 is 6.00. The molecule has 2 aromatic rings. The molecule has 1 fully saturated rings. The van der Waals surface area contributed by atoms with Gasteiger partial charge in [-0.2, -0.15) is 0 Å². The summed E-state index contributed by atoms with van der Waals surface area (Å²) >= 11 is 0. The van der Waals surface area contributed by atoms with E-state index in [0.29, 0.717) is 13.1 Å². The lowest BCUT2D eigenvalue weighted by atomic mass is 9.92. The molecule has 3 amide bonds. The molecule has 1 N–H and O–H groups in total. The highest BCUT2D eigenvalue weighted by Crippen LogP contribution is 2.42. The molecule has 0 aromatic heterocycles. The smallest absolute Gasteiger partial charge is 0.319 e. The van der Waals surface area contributed by atoms with Gasteiger partial charge in [-0.15, -0.1) is 0 Å². The van der Waals surface area contributed by atoms with E-state index >= 15 is 0 Å². The van der Waals surface area contributed by atoms with Crippen molar-refractivity contribution in [1.29, 1.82) is 0 Å². The molecule has 1 unspecified atom stereocenters. The predicted molar refractivity (Wildman–Crippen MR) is 106 cm³/mol. The van der Waals surface area contributed by atoms with Crippen LogP contribution in [0.4, 0.5) is 4.79 Å². The minimum Gasteiger partial charge on any atom is -0.457 e. The molecule has 0 radical (unpaired) electrons. The van der Waals surface area contributed by atoms with Gasteiger partial charge < -0.3 is 19.9 Å². The number of nitrogens with one attached hydrogen (secondary N) is 1. The number of likely N-dealkylation sites (tertiary alicyclic amines) is 1. The normalized spacial score (nSPS) is 18.5. The molecule has 4 rings (SSSR count). The fourth-order valence-corrected chi connectivity index (χ4v) is 3.97. The van der Waals surface area contributed by atoms with Gasteiger partial charge in [-0.25, -0.2) is 4.79 Å². The van der Waals surface area contributed by atoms with Gasteiger partial charge in [0.2, 0.25) is 5.91 Å². The number of nitrogens with zero attached hydrogens (tertiary/aromatic N) is 2. The quantitative estimate of drug-likeness (QED) is 0.870. The summed E-state index contributed by atoms with van der Waals surface area (Å²) in [5.74, 6) is 1.30. The topological polar surface area (TPSA) is 61.9 Å². The van der Waals surface area contributed by atoms with Crippen molar-refractivity contribution in [2.24, 2.45) is 5.92 Å². The summed E-state index contributed by atoms with van der Waals surface area (Å²) in [6, 6.07) is 15.3. The number of fused-ring (bicyclic) bond motifs is 2. The lowest BCUT2D eigenvalue weighted by molar-refractivity contribution is -0.126. The second-order valence-corrected chi connectivity index (χ2v) is 7.58. The molecule has 0 bridgehead atoms. The number of carbonyl (C=O) groups is 2. The first-order valence-corrected chi connectivity index (χ1v) is 9.67. The van der Waals surface area contributed by atoms with Gasteiger partial charge in [0.05, 0.1) is 12.0 Å². The van der Waals surface area contributed by atoms with Gasteiger partial charge >= 0.3 is 6.03 Å². The van der Waals surface area contributed by atoms with E-state index in [0.717, 1.165) is 35.5 Å². The zero-order valence-electron chi connectivity index (χ0n) is 16.2. The SMILES string of the molecule is CN(C)C(=O)N1CCCC(C(=O)NC2c3ccccc3Oc3ccccc32)C1. The second-order valence-electron chi connectivity index (χ2n) is 7.58. The fourth-order valence-electron chi connectivity index (χ4n) is 3.97. The molecule has 2 aliphatic heterocycles. The van der Waals surface area contributed by atoms with Crippen LogP contribution in [0.2, 0.25) is 0 Å². The number of carbonyl (C=O) groups excluding carboxylic acids is 2. The van der Waals surface area contributed by atoms with E-state index in [-0.39, 0.29) is 23.9 Å². The van der Waals surface area contributed by atoms with Crippen molar-refractivity contribution in [2.75, 3.05) is 27.2 Å². The molecule has 0 saturated carbocycles. The molecular formula is C22H25N3O3. The first-order valence-electron chi connectivity index (χ1n) is 9.67. The summed E-state index contributed by atoms with van der Waals surface area (Å²) in [4.78, 5) is 28.7. The highest BCUT2D eigenvalue weighted by Gasteiger charge is 2.33. The van der Waals surface area contributed by atoms with Crippen LogP contribution < -0.4 is 10.1 Å². The van der Waals surface area contributed by atoms with E-state index in [1.54, 1.807) is 23.9 Å². The zero-order valence-corrected chi connectivity index (χ0v) is 16.2. The van der Waals surface area contributed by atoms with Gasteiger partial charge in [0, 0.05) is 38.3 Å². The fraction of sp³-hybridized carbons (Fsp3) is 0.364. The molecule has 2 heterocycles. The highest BCUT2D eigenvalue weighted by molar-refractivity contribution is 5.82. The number of ether oxygens (including phenoxy) is 1. The van der Waals surface area contributed by atoms with Crippen LogP contribution >= 0.6 is 0 Å². The Morgan fingerprint density at radius 3 is 2.25 bits per heavy atom. The maximum absolute atomic E-state index is 13.1. The Morgan fingerprint density at radius 2 is 1.64 bits per heavy atom. The van der Waals surface area contributed by atoms with Crippen LogP contribution in [0.3, 0.4) is 0 Å². The number of benzene rings is 2. The van der Waals surface area contributed by atoms with Crippen molar-refractivity contribution in [1.82, 2.24) is 15.1 Å². The Balaban J connectivity index is 1.56. The Morgan fingerprint density at radius 1 is 1.04 bits per heavy atom. The number of amides is 3. The summed E-state index contributed by atoms with van der Waals surface area (Å²) in [6.07, 6.45) is 1.62. The Kier molecular flexibility index (Phi) is 4.94. The highest BCUT2D eigenvalue weighted by atomic mass is 16.5. The minimum absolute atomic E-state index is 0.0206. The largest absolute Gasteiger partial charge is 0.457 e. The van der Waals surface area contributed by atoms with Crippen molar-refractivity contribution in [3.05, 3.63) is 59.7 Å². The molecule has 0 spiro atoms. The third kappa shape index (κ3) is 3.42. The number of urea groups is 1.